The van der Waals surface area contributed by atoms with E-state index in [1.807, 2.05) is 66.7 Å². The van der Waals surface area contributed by atoms with Crippen molar-refractivity contribution in [2.24, 2.45) is 0 Å². The van der Waals surface area contributed by atoms with Crippen LogP contribution in [0.5, 0.6) is 28.7 Å². The Morgan fingerprint density at radius 1 is 0.398 bits per heavy atom. The zero-order valence-electron chi connectivity index (χ0n) is 57.4. The highest BCUT2D eigenvalue weighted by atomic mass is 16.7. The Balaban J connectivity index is 0.000000232. The number of hydrogen-bond donors (Lipinski definition) is 0. The fourth-order valence-corrected chi connectivity index (χ4v) is 12.8. The van der Waals surface area contributed by atoms with Crippen LogP contribution >= 0.6 is 0 Å². The summed E-state index contributed by atoms with van der Waals surface area (Å²) in [5, 5.41) is 0. The summed E-state index contributed by atoms with van der Waals surface area (Å²) in [6, 6.07) is 49.9. The van der Waals surface area contributed by atoms with E-state index in [1.54, 1.807) is 0 Å². The van der Waals surface area contributed by atoms with E-state index in [2.05, 4.69) is 106 Å². The van der Waals surface area contributed by atoms with Gasteiger partial charge in [-0.15, -0.1) is 0 Å². The molecule has 13 heteroatoms. The maximum atomic E-state index is 13.1. The standard InChI is InChI=1S/C45H50O8.C40H48O5/c1-3-44(46)50-27-11-7-5-9-25-48-38-16-13-34(14-17-38)29-35-15-23-42-36(30-35)31-37-32-41(22-24-43(37)42)53-33-52-40-20-18-39(19-21-40)49-26-10-6-8-12-28-51-45(47)4-2;1-3-5-8-11-29-12-22-37-33(26-29)28-34-27-32(17-23-38(34)37)40(42)45-36-20-15-31(16-21-36)30-13-18-35(19-14-30)43-24-9-6-7-10-25-44-39(41)4-2/h3-4,13-24,30,32H,1-2,5-12,25-29,31,33H2;4,12,15-17,20-23,26-27,30,35H,2-3,5-11,13-14,18-19,24-25,28H2,1H3. The first-order valence-electron chi connectivity index (χ1n) is 35.6. The van der Waals surface area contributed by atoms with Crippen molar-refractivity contribution in [1.29, 1.82) is 0 Å². The Bertz CT molecular complexity index is 3690. The summed E-state index contributed by atoms with van der Waals surface area (Å²) in [6.45, 7) is 16.0. The molecule has 0 bridgehead atoms. The molecule has 0 unspecified atom stereocenters. The van der Waals surface area contributed by atoms with Crippen LogP contribution in [0, 0.1) is 0 Å². The third-order valence-electron chi connectivity index (χ3n) is 18.3. The van der Waals surface area contributed by atoms with Gasteiger partial charge in [-0.25, -0.2) is 19.2 Å². The number of carbonyl (C=O) groups is 4. The van der Waals surface area contributed by atoms with Crippen molar-refractivity contribution >= 4 is 23.9 Å². The summed E-state index contributed by atoms with van der Waals surface area (Å²) in [5.74, 6) is 2.87. The Kier molecular flexibility index (Phi) is 29.7. The average molecular weight is 1330 g/mol. The maximum absolute atomic E-state index is 13.1. The van der Waals surface area contributed by atoms with E-state index < -0.39 is 0 Å². The molecule has 516 valence electrons. The topological polar surface area (TPSA) is 151 Å². The van der Waals surface area contributed by atoms with Crippen molar-refractivity contribution in [3.63, 3.8) is 0 Å². The minimum Gasteiger partial charge on any atom is -0.494 e. The van der Waals surface area contributed by atoms with E-state index in [0.29, 0.717) is 62.1 Å². The van der Waals surface area contributed by atoms with Crippen molar-refractivity contribution in [2.45, 2.75) is 167 Å². The lowest BCUT2D eigenvalue weighted by Crippen LogP contribution is -2.21. The van der Waals surface area contributed by atoms with E-state index >= 15 is 0 Å². The number of fused-ring (bicyclic) bond motifs is 6. The lowest BCUT2D eigenvalue weighted by Gasteiger charge is -2.29. The fourth-order valence-electron chi connectivity index (χ4n) is 12.8. The number of aryl methyl sites for hydroxylation is 1. The van der Waals surface area contributed by atoms with Crippen LogP contribution in [0.2, 0.25) is 0 Å². The minimum atomic E-state index is -0.372. The van der Waals surface area contributed by atoms with Gasteiger partial charge in [0, 0.05) is 24.8 Å². The third-order valence-corrected chi connectivity index (χ3v) is 18.3. The molecule has 0 aromatic heterocycles. The number of benzene rings is 7. The van der Waals surface area contributed by atoms with Gasteiger partial charge in [-0.1, -0.05) is 119 Å². The number of hydrogen-bond acceptors (Lipinski definition) is 13. The van der Waals surface area contributed by atoms with E-state index in [4.69, 9.17) is 42.6 Å². The summed E-state index contributed by atoms with van der Waals surface area (Å²) in [4.78, 5) is 46.2. The first-order valence-corrected chi connectivity index (χ1v) is 35.6. The van der Waals surface area contributed by atoms with Crippen LogP contribution in [0.15, 0.2) is 184 Å². The largest absolute Gasteiger partial charge is 0.494 e. The van der Waals surface area contributed by atoms with Gasteiger partial charge in [0.15, 0.2) is 0 Å². The molecule has 0 atom stereocenters. The fraction of sp³-hybridized carbons (Fsp3) is 0.388. The molecule has 0 saturated heterocycles. The molecular weight excluding hydrogens is 1230 g/mol. The van der Waals surface area contributed by atoms with Gasteiger partial charge in [0.25, 0.3) is 0 Å². The van der Waals surface area contributed by atoms with Crippen LogP contribution in [-0.2, 0) is 59.0 Å². The van der Waals surface area contributed by atoms with Gasteiger partial charge < -0.3 is 42.6 Å². The highest BCUT2D eigenvalue weighted by molar-refractivity contribution is 5.93. The molecule has 7 aromatic carbocycles. The lowest BCUT2D eigenvalue weighted by atomic mass is 9.83. The predicted octanol–water partition coefficient (Wildman–Crippen LogP) is 19.1. The summed E-state index contributed by atoms with van der Waals surface area (Å²) in [5.41, 5.74) is 16.0. The summed E-state index contributed by atoms with van der Waals surface area (Å²) < 4.78 is 50.5. The molecule has 0 heterocycles. The maximum Gasteiger partial charge on any atom is 0.343 e. The quantitative estimate of drug-likeness (QED) is 0.00895. The van der Waals surface area contributed by atoms with Crippen molar-refractivity contribution in [3.8, 4) is 51.0 Å². The Labute approximate surface area is 580 Å². The Morgan fingerprint density at radius 3 is 1.38 bits per heavy atom. The summed E-state index contributed by atoms with van der Waals surface area (Å²) in [6.07, 6.45) is 27.4. The third kappa shape index (κ3) is 23.5. The Hall–Kier alpha value is -9.20. The number of unbranched alkanes of at least 4 members (excludes halogenated alkanes) is 11. The molecule has 7 aromatic rings. The number of rotatable bonds is 40. The lowest BCUT2D eigenvalue weighted by molar-refractivity contribution is -0.138. The monoisotopic (exact) mass is 1330 g/mol. The van der Waals surface area contributed by atoms with E-state index in [0.717, 1.165) is 152 Å². The van der Waals surface area contributed by atoms with Gasteiger partial charge in [0.2, 0.25) is 6.79 Å². The van der Waals surface area contributed by atoms with Gasteiger partial charge in [-0.3, -0.25) is 0 Å². The first kappa shape index (κ1) is 73.1. The highest BCUT2D eigenvalue weighted by Crippen LogP contribution is 2.41. The second kappa shape index (κ2) is 39.9. The molecule has 13 nitrogen and oxygen atoms in total. The van der Waals surface area contributed by atoms with Crippen molar-refractivity contribution in [3.05, 3.63) is 234 Å². The van der Waals surface area contributed by atoms with Crippen LogP contribution in [0.3, 0.4) is 0 Å². The van der Waals surface area contributed by atoms with Crippen molar-refractivity contribution in [1.82, 2.24) is 0 Å². The smallest absolute Gasteiger partial charge is 0.343 e. The summed E-state index contributed by atoms with van der Waals surface area (Å²) in [7, 11) is 0. The van der Waals surface area contributed by atoms with Gasteiger partial charge in [0.1, 0.15) is 28.7 Å². The highest BCUT2D eigenvalue weighted by Gasteiger charge is 2.25. The molecule has 98 heavy (non-hydrogen) atoms. The molecule has 0 N–H and O–H groups in total. The number of carbonyl (C=O) groups excluding carboxylic acids is 4. The molecule has 0 spiro atoms. The minimum absolute atomic E-state index is 0.110. The molecule has 3 aliphatic rings. The Morgan fingerprint density at radius 2 is 0.827 bits per heavy atom. The molecule has 0 radical (unpaired) electrons. The molecule has 0 amide bonds. The first-order chi connectivity index (χ1) is 48.0. The second-order valence-corrected chi connectivity index (χ2v) is 25.5. The van der Waals surface area contributed by atoms with Crippen LogP contribution in [0.25, 0.3) is 22.3 Å². The molecule has 1 fully saturated rings. The van der Waals surface area contributed by atoms with Crippen LogP contribution in [0.1, 0.15) is 190 Å². The normalized spacial score (nSPS) is 13.8. The molecular formula is C85H98O13. The van der Waals surface area contributed by atoms with Crippen molar-refractivity contribution < 1.29 is 61.8 Å². The SMILES string of the molecule is C=CC(=O)OCCCCCCOC1CCC(c2ccc(OC(=O)c3ccc4c(c3)Cc3cc(CCCCC)ccc3-4)cc2)CC1.C=CC(=O)OCCCCCCOc1ccc(Cc2ccc3c(c2)Cc2cc(OCOc4ccc(OCCCCCCOC(=O)C=C)cc4)ccc2-3)cc1. The van der Waals surface area contributed by atoms with Gasteiger partial charge in [-0.2, -0.15) is 0 Å². The van der Waals surface area contributed by atoms with E-state index in [1.165, 1.54) is 104 Å². The molecule has 10 rings (SSSR count). The summed E-state index contributed by atoms with van der Waals surface area (Å²) >= 11 is 0. The van der Waals surface area contributed by atoms with Crippen LogP contribution in [0.4, 0.5) is 0 Å². The second-order valence-electron chi connectivity index (χ2n) is 25.5. The van der Waals surface area contributed by atoms with Gasteiger partial charge in [0.05, 0.1) is 44.7 Å². The van der Waals surface area contributed by atoms with Crippen LogP contribution < -0.4 is 23.7 Å². The average Bonchev–Trinajstić information content (AvgIpc) is 1.64. The predicted molar refractivity (Wildman–Crippen MR) is 387 cm³/mol. The zero-order chi connectivity index (χ0) is 68.5. The van der Waals surface area contributed by atoms with Crippen molar-refractivity contribution in [2.75, 3.05) is 46.4 Å². The number of esters is 4. The van der Waals surface area contributed by atoms with Gasteiger partial charge in [-0.05, 0) is 274 Å². The van der Waals surface area contributed by atoms with Crippen LogP contribution in [-0.4, -0.2) is 76.4 Å². The molecule has 0 aliphatic heterocycles. The van der Waals surface area contributed by atoms with E-state index in [9.17, 15) is 19.2 Å². The molecule has 3 aliphatic carbocycles. The molecule has 1 saturated carbocycles. The van der Waals surface area contributed by atoms with E-state index in [-0.39, 0.29) is 30.7 Å². The van der Waals surface area contributed by atoms with Gasteiger partial charge >= 0.3 is 23.9 Å². The zero-order valence-corrected chi connectivity index (χ0v) is 57.4. The number of ether oxygens (including phenoxy) is 9.